The first-order chi connectivity index (χ1) is 6.20. The fourth-order valence-corrected chi connectivity index (χ4v) is 1.76. The van der Waals surface area contributed by atoms with Crippen LogP contribution in [0.3, 0.4) is 0 Å². The van der Waals surface area contributed by atoms with Gasteiger partial charge >= 0.3 is 0 Å². The van der Waals surface area contributed by atoms with Crippen LogP contribution in [0.4, 0.5) is 0 Å². The lowest BCUT2D eigenvalue weighted by Crippen LogP contribution is -2.57. The molecule has 4 atom stereocenters. The Bertz CT molecular complexity index is 155. The first-order valence-corrected chi connectivity index (χ1v) is 4.52. The minimum atomic E-state index is -0.900. The Hall–Kier alpha value is -0.200. The van der Waals surface area contributed by atoms with Gasteiger partial charge in [-0.3, -0.25) is 0 Å². The van der Waals surface area contributed by atoms with Gasteiger partial charge in [-0.1, -0.05) is 0 Å². The summed E-state index contributed by atoms with van der Waals surface area (Å²) in [6, 6.07) is -0.117. The summed E-state index contributed by atoms with van der Waals surface area (Å²) in [6.45, 7) is 0.134. The molecule has 0 spiro atoms. The molecule has 5 nitrogen and oxygen atoms in total. The van der Waals surface area contributed by atoms with E-state index in [4.69, 9.17) is 10.2 Å². The Kier molecular flexibility index (Phi) is 4.08. The Morgan fingerprint density at radius 3 is 2.46 bits per heavy atom. The molecule has 5 N–H and O–H groups in total. The molecule has 78 valence electrons. The molecule has 1 heterocycles. The molecule has 1 aliphatic heterocycles. The van der Waals surface area contributed by atoms with Crippen LogP contribution < -0.4 is 5.32 Å². The third-order valence-corrected chi connectivity index (χ3v) is 2.59. The van der Waals surface area contributed by atoms with E-state index < -0.39 is 18.1 Å². The molecule has 1 saturated heterocycles. The molecule has 0 aromatic heterocycles. The van der Waals surface area contributed by atoms with Crippen molar-refractivity contribution in [3.05, 3.63) is 0 Å². The van der Waals surface area contributed by atoms with E-state index in [2.05, 4.69) is 5.32 Å². The standard InChI is InChI=1S/C8H17NO4/c10-2-1-6-5(4-11)8(13)7(12)3-9-6/h5-13H,1-4H2/t5-,6+,7+,8-/m0/s1. The zero-order valence-electron chi connectivity index (χ0n) is 7.43. The molecule has 13 heavy (non-hydrogen) atoms. The second kappa shape index (κ2) is 4.88. The first-order valence-electron chi connectivity index (χ1n) is 4.52. The van der Waals surface area contributed by atoms with E-state index in [1.54, 1.807) is 0 Å². The minimum absolute atomic E-state index is 0.0109. The van der Waals surface area contributed by atoms with Gasteiger partial charge < -0.3 is 25.7 Å². The Morgan fingerprint density at radius 1 is 1.23 bits per heavy atom. The Morgan fingerprint density at radius 2 is 1.92 bits per heavy atom. The largest absolute Gasteiger partial charge is 0.396 e. The van der Waals surface area contributed by atoms with Gasteiger partial charge in [-0.2, -0.15) is 0 Å². The summed E-state index contributed by atoms with van der Waals surface area (Å²) in [5, 5.41) is 39.5. The quantitative estimate of drug-likeness (QED) is 0.345. The fraction of sp³-hybridized carbons (Fsp3) is 1.00. The lowest BCUT2D eigenvalue weighted by atomic mass is 9.86. The maximum Gasteiger partial charge on any atom is 0.0927 e. The number of aliphatic hydroxyl groups excluding tert-OH is 4. The summed E-state index contributed by atoms with van der Waals surface area (Å²) in [7, 11) is 0. The van der Waals surface area contributed by atoms with Crippen molar-refractivity contribution in [3.63, 3.8) is 0 Å². The number of piperidine rings is 1. The normalized spacial score (nSPS) is 40.6. The molecule has 0 aliphatic carbocycles. The van der Waals surface area contributed by atoms with Gasteiger partial charge in [0.05, 0.1) is 12.2 Å². The zero-order chi connectivity index (χ0) is 9.84. The van der Waals surface area contributed by atoms with Crippen molar-refractivity contribution in [2.75, 3.05) is 19.8 Å². The van der Waals surface area contributed by atoms with Crippen LogP contribution in [0.15, 0.2) is 0 Å². The smallest absolute Gasteiger partial charge is 0.0927 e. The van der Waals surface area contributed by atoms with E-state index >= 15 is 0 Å². The maximum absolute atomic E-state index is 9.50. The summed E-state index contributed by atoms with van der Waals surface area (Å²) >= 11 is 0. The van der Waals surface area contributed by atoms with Gasteiger partial charge in [0.25, 0.3) is 0 Å². The number of hydrogen-bond acceptors (Lipinski definition) is 5. The molecule has 5 heteroatoms. The SMILES string of the molecule is OCC[C@H]1NC[C@@H](O)[C@@H](O)[C@H]1CO. The van der Waals surface area contributed by atoms with Crippen molar-refractivity contribution in [2.45, 2.75) is 24.7 Å². The number of β-amino-alcohol motifs (C(OH)–C–C–N with tert-alkyl or cyclic N) is 1. The molecule has 1 aliphatic rings. The van der Waals surface area contributed by atoms with Crippen LogP contribution in [-0.2, 0) is 0 Å². The third kappa shape index (κ3) is 2.38. The van der Waals surface area contributed by atoms with E-state index in [1.165, 1.54) is 0 Å². The highest BCUT2D eigenvalue weighted by Gasteiger charge is 2.36. The number of rotatable bonds is 3. The van der Waals surface area contributed by atoms with Crippen molar-refractivity contribution in [3.8, 4) is 0 Å². The third-order valence-electron chi connectivity index (χ3n) is 2.59. The van der Waals surface area contributed by atoms with Crippen molar-refractivity contribution in [1.82, 2.24) is 5.32 Å². The number of hydrogen-bond donors (Lipinski definition) is 5. The van der Waals surface area contributed by atoms with E-state index in [1.807, 2.05) is 0 Å². The lowest BCUT2D eigenvalue weighted by Gasteiger charge is -2.38. The van der Waals surface area contributed by atoms with Crippen molar-refractivity contribution in [1.29, 1.82) is 0 Å². The second-order valence-electron chi connectivity index (χ2n) is 3.43. The lowest BCUT2D eigenvalue weighted by molar-refractivity contribution is -0.0692. The molecule has 0 amide bonds. The van der Waals surface area contributed by atoms with Crippen molar-refractivity contribution in [2.24, 2.45) is 5.92 Å². The first kappa shape index (κ1) is 10.9. The average molecular weight is 191 g/mol. The molecule has 1 fully saturated rings. The monoisotopic (exact) mass is 191 g/mol. The summed E-state index contributed by atoms with van der Waals surface area (Å²) in [4.78, 5) is 0. The maximum atomic E-state index is 9.50. The summed E-state index contributed by atoms with van der Waals surface area (Å²) in [5.74, 6) is -0.393. The topological polar surface area (TPSA) is 93.0 Å². The molecule has 0 aromatic rings. The highest BCUT2D eigenvalue weighted by Crippen LogP contribution is 2.19. The van der Waals surface area contributed by atoms with Gasteiger partial charge in [0, 0.05) is 31.7 Å². The summed E-state index contributed by atoms with van der Waals surface area (Å²) in [6.07, 6.45) is -1.25. The fourth-order valence-electron chi connectivity index (χ4n) is 1.76. The van der Waals surface area contributed by atoms with Crippen LogP contribution in [0.5, 0.6) is 0 Å². The Labute approximate surface area is 77.0 Å². The summed E-state index contributed by atoms with van der Waals surface area (Å²) in [5.41, 5.74) is 0. The molecule has 0 saturated carbocycles. The van der Waals surface area contributed by atoms with Gasteiger partial charge in [0.1, 0.15) is 0 Å². The van der Waals surface area contributed by atoms with Crippen LogP contribution in [-0.4, -0.2) is 58.4 Å². The van der Waals surface area contributed by atoms with Gasteiger partial charge in [-0.25, -0.2) is 0 Å². The molecular weight excluding hydrogens is 174 g/mol. The van der Waals surface area contributed by atoms with Crippen molar-refractivity contribution >= 4 is 0 Å². The molecule has 0 radical (unpaired) electrons. The molecular formula is C8H17NO4. The molecule has 0 unspecified atom stereocenters. The second-order valence-corrected chi connectivity index (χ2v) is 3.43. The van der Waals surface area contributed by atoms with E-state index in [9.17, 15) is 10.2 Å². The molecule has 1 rings (SSSR count). The van der Waals surface area contributed by atoms with Crippen LogP contribution in [0, 0.1) is 5.92 Å². The van der Waals surface area contributed by atoms with Gasteiger partial charge in [-0.05, 0) is 6.42 Å². The van der Waals surface area contributed by atoms with Gasteiger partial charge in [0.15, 0.2) is 0 Å². The van der Waals surface area contributed by atoms with Crippen LogP contribution in [0.2, 0.25) is 0 Å². The number of nitrogens with one attached hydrogen (secondary N) is 1. The Balaban J connectivity index is 2.55. The van der Waals surface area contributed by atoms with Crippen LogP contribution in [0.1, 0.15) is 6.42 Å². The zero-order valence-corrected chi connectivity index (χ0v) is 7.43. The minimum Gasteiger partial charge on any atom is -0.396 e. The number of aliphatic hydroxyl groups is 4. The predicted molar refractivity (Wildman–Crippen MR) is 46.1 cm³/mol. The van der Waals surface area contributed by atoms with Gasteiger partial charge in [-0.15, -0.1) is 0 Å². The van der Waals surface area contributed by atoms with E-state index in [-0.39, 0.29) is 19.3 Å². The summed E-state index contributed by atoms with van der Waals surface area (Å²) < 4.78 is 0. The molecule has 0 aromatic carbocycles. The predicted octanol–water partition coefficient (Wildman–Crippen LogP) is -2.33. The van der Waals surface area contributed by atoms with Crippen LogP contribution in [0.25, 0.3) is 0 Å². The highest BCUT2D eigenvalue weighted by atomic mass is 16.3. The molecule has 0 bridgehead atoms. The average Bonchev–Trinajstić information content (AvgIpc) is 2.12. The van der Waals surface area contributed by atoms with Crippen molar-refractivity contribution < 1.29 is 20.4 Å². The van der Waals surface area contributed by atoms with E-state index in [0.717, 1.165) is 0 Å². The van der Waals surface area contributed by atoms with E-state index in [0.29, 0.717) is 13.0 Å². The highest BCUT2D eigenvalue weighted by molar-refractivity contribution is 4.91. The van der Waals surface area contributed by atoms with Crippen LogP contribution >= 0.6 is 0 Å². The van der Waals surface area contributed by atoms with Gasteiger partial charge in [0.2, 0.25) is 0 Å².